The number of nitrogens with one attached hydrogen (secondary N) is 1. The van der Waals surface area contributed by atoms with Gasteiger partial charge in [-0.2, -0.15) is 5.10 Å². The number of aryl methyl sites for hydroxylation is 1. The van der Waals surface area contributed by atoms with Crippen LogP contribution >= 0.6 is 0 Å². The van der Waals surface area contributed by atoms with Gasteiger partial charge in [0.05, 0.1) is 5.69 Å². The topological polar surface area (TPSA) is 42.2 Å². The van der Waals surface area contributed by atoms with Gasteiger partial charge in [-0.15, -0.1) is 0 Å². The highest BCUT2D eigenvalue weighted by molar-refractivity contribution is 5.38. The van der Waals surface area contributed by atoms with Crippen LogP contribution in [0, 0.1) is 18.8 Å². The molecular weight excluding hydrogens is 248 g/mol. The molecule has 20 heavy (non-hydrogen) atoms. The van der Waals surface area contributed by atoms with Crippen molar-refractivity contribution in [2.75, 3.05) is 6.54 Å². The molecule has 108 valence electrons. The van der Waals surface area contributed by atoms with Crippen molar-refractivity contribution in [1.29, 1.82) is 0 Å². The molecule has 0 radical (unpaired) electrons. The summed E-state index contributed by atoms with van der Waals surface area (Å²) in [7, 11) is 0. The van der Waals surface area contributed by atoms with Crippen LogP contribution < -0.4 is 5.32 Å². The van der Waals surface area contributed by atoms with E-state index in [1.807, 2.05) is 23.7 Å². The molecular formula is C16H24N4. The third-order valence-corrected chi connectivity index (χ3v) is 4.51. The maximum absolute atomic E-state index is 4.44. The molecule has 0 bridgehead atoms. The second-order valence-electron chi connectivity index (χ2n) is 6.20. The highest BCUT2D eigenvalue weighted by atomic mass is 15.2. The molecule has 0 aliphatic heterocycles. The molecule has 2 heterocycles. The van der Waals surface area contributed by atoms with Crippen LogP contribution in [-0.2, 0) is 6.54 Å². The molecule has 2 atom stereocenters. The van der Waals surface area contributed by atoms with Gasteiger partial charge in [-0.25, -0.2) is 9.50 Å². The summed E-state index contributed by atoms with van der Waals surface area (Å²) in [5.41, 5.74) is 3.13. The van der Waals surface area contributed by atoms with Crippen LogP contribution in [0.2, 0.25) is 0 Å². The van der Waals surface area contributed by atoms with Crippen LogP contribution in [0.4, 0.5) is 0 Å². The van der Waals surface area contributed by atoms with Crippen molar-refractivity contribution in [3.8, 4) is 0 Å². The molecule has 0 amide bonds. The number of rotatable bonds is 4. The summed E-state index contributed by atoms with van der Waals surface area (Å²) < 4.78 is 1.87. The summed E-state index contributed by atoms with van der Waals surface area (Å²) in [5, 5.41) is 8.00. The van der Waals surface area contributed by atoms with Crippen LogP contribution in [0.5, 0.6) is 0 Å². The zero-order chi connectivity index (χ0) is 13.9. The van der Waals surface area contributed by atoms with Gasteiger partial charge in [-0.05, 0) is 31.7 Å². The first-order valence-corrected chi connectivity index (χ1v) is 7.74. The van der Waals surface area contributed by atoms with Gasteiger partial charge in [-0.1, -0.05) is 26.2 Å². The van der Waals surface area contributed by atoms with Gasteiger partial charge in [0.2, 0.25) is 0 Å². The van der Waals surface area contributed by atoms with Crippen LogP contribution in [0.25, 0.3) is 5.65 Å². The molecule has 4 heteroatoms. The number of aromatic nitrogens is 3. The molecule has 2 aromatic heterocycles. The highest BCUT2D eigenvalue weighted by Gasteiger charge is 2.20. The Bertz CT molecular complexity index is 575. The quantitative estimate of drug-likeness (QED) is 0.930. The fourth-order valence-electron chi connectivity index (χ4n) is 3.22. The Morgan fingerprint density at radius 2 is 2.20 bits per heavy atom. The van der Waals surface area contributed by atoms with Crippen LogP contribution in [0.15, 0.2) is 18.5 Å². The molecule has 0 spiro atoms. The SMILES string of the molecule is Cc1cc2ncc(CNCC3CCCCC3C)cn2n1. The van der Waals surface area contributed by atoms with Crippen molar-refractivity contribution in [2.24, 2.45) is 11.8 Å². The van der Waals surface area contributed by atoms with Gasteiger partial charge in [0, 0.05) is 30.6 Å². The third-order valence-electron chi connectivity index (χ3n) is 4.51. The van der Waals surface area contributed by atoms with Crippen molar-refractivity contribution >= 4 is 5.65 Å². The smallest absolute Gasteiger partial charge is 0.155 e. The zero-order valence-electron chi connectivity index (χ0n) is 12.5. The first-order chi connectivity index (χ1) is 9.72. The molecule has 1 fully saturated rings. The summed E-state index contributed by atoms with van der Waals surface area (Å²) in [6.45, 7) is 6.39. The molecule has 3 rings (SSSR count). The molecule has 0 aromatic carbocycles. The Morgan fingerprint density at radius 1 is 1.35 bits per heavy atom. The van der Waals surface area contributed by atoms with E-state index in [4.69, 9.17) is 0 Å². The number of fused-ring (bicyclic) bond motifs is 1. The Kier molecular flexibility index (Phi) is 4.01. The Morgan fingerprint density at radius 3 is 3.05 bits per heavy atom. The van der Waals surface area contributed by atoms with Gasteiger partial charge in [0.15, 0.2) is 5.65 Å². The molecule has 4 nitrogen and oxygen atoms in total. The first kappa shape index (κ1) is 13.6. The summed E-state index contributed by atoms with van der Waals surface area (Å²) in [4.78, 5) is 4.44. The van der Waals surface area contributed by atoms with Gasteiger partial charge >= 0.3 is 0 Å². The number of nitrogens with zero attached hydrogens (tertiary/aromatic N) is 3. The second kappa shape index (κ2) is 5.92. The zero-order valence-corrected chi connectivity index (χ0v) is 12.5. The van der Waals surface area contributed by atoms with E-state index in [1.54, 1.807) is 0 Å². The summed E-state index contributed by atoms with van der Waals surface area (Å²) in [6.07, 6.45) is 9.62. The fraction of sp³-hybridized carbons (Fsp3) is 0.625. The van der Waals surface area contributed by atoms with Crippen LogP contribution in [0.1, 0.15) is 43.9 Å². The number of hydrogen-bond acceptors (Lipinski definition) is 3. The largest absolute Gasteiger partial charge is 0.312 e. The average Bonchev–Trinajstić information content (AvgIpc) is 2.80. The van der Waals surface area contributed by atoms with Crippen molar-refractivity contribution < 1.29 is 0 Å². The van der Waals surface area contributed by atoms with Crippen molar-refractivity contribution in [1.82, 2.24) is 19.9 Å². The second-order valence-corrected chi connectivity index (χ2v) is 6.20. The van der Waals surface area contributed by atoms with E-state index >= 15 is 0 Å². The molecule has 0 saturated heterocycles. The highest BCUT2D eigenvalue weighted by Crippen LogP contribution is 2.28. The normalized spacial score (nSPS) is 23.3. The molecule has 2 aromatic rings. The lowest BCUT2D eigenvalue weighted by atomic mass is 9.80. The van der Waals surface area contributed by atoms with Crippen LogP contribution in [-0.4, -0.2) is 21.1 Å². The minimum atomic E-state index is 0.840. The Labute approximate surface area is 120 Å². The lowest BCUT2D eigenvalue weighted by Crippen LogP contribution is -2.29. The Hall–Kier alpha value is -1.42. The van der Waals surface area contributed by atoms with Gasteiger partial charge < -0.3 is 5.32 Å². The summed E-state index contributed by atoms with van der Waals surface area (Å²) in [6, 6.07) is 2.00. The lowest BCUT2D eigenvalue weighted by Gasteiger charge is -2.28. The first-order valence-electron chi connectivity index (χ1n) is 7.74. The maximum Gasteiger partial charge on any atom is 0.155 e. The minimum absolute atomic E-state index is 0.840. The Balaban J connectivity index is 1.56. The van der Waals surface area contributed by atoms with E-state index in [0.717, 1.165) is 36.3 Å². The van der Waals surface area contributed by atoms with E-state index in [-0.39, 0.29) is 0 Å². The predicted molar refractivity (Wildman–Crippen MR) is 80.6 cm³/mol. The molecule has 1 aliphatic rings. The van der Waals surface area contributed by atoms with E-state index in [0.29, 0.717) is 0 Å². The number of hydrogen-bond donors (Lipinski definition) is 1. The monoisotopic (exact) mass is 272 g/mol. The van der Waals surface area contributed by atoms with Crippen molar-refractivity contribution in [3.63, 3.8) is 0 Å². The molecule has 1 N–H and O–H groups in total. The van der Waals surface area contributed by atoms with Gasteiger partial charge in [0.1, 0.15) is 0 Å². The van der Waals surface area contributed by atoms with E-state index in [2.05, 4.69) is 28.5 Å². The van der Waals surface area contributed by atoms with E-state index in [1.165, 1.54) is 31.2 Å². The predicted octanol–water partition coefficient (Wildman–Crippen LogP) is 2.95. The minimum Gasteiger partial charge on any atom is -0.312 e. The summed E-state index contributed by atoms with van der Waals surface area (Å²) in [5.74, 6) is 1.71. The third kappa shape index (κ3) is 3.01. The van der Waals surface area contributed by atoms with Crippen molar-refractivity contribution in [2.45, 2.75) is 46.1 Å². The van der Waals surface area contributed by atoms with Gasteiger partial charge in [0.25, 0.3) is 0 Å². The lowest BCUT2D eigenvalue weighted by molar-refractivity contribution is 0.247. The molecule has 2 unspecified atom stereocenters. The van der Waals surface area contributed by atoms with E-state index < -0.39 is 0 Å². The summed E-state index contributed by atoms with van der Waals surface area (Å²) >= 11 is 0. The van der Waals surface area contributed by atoms with Crippen LogP contribution in [0.3, 0.4) is 0 Å². The maximum atomic E-state index is 4.44. The van der Waals surface area contributed by atoms with Gasteiger partial charge in [-0.3, -0.25) is 0 Å². The average molecular weight is 272 g/mol. The van der Waals surface area contributed by atoms with Crippen molar-refractivity contribution in [3.05, 3.63) is 29.7 Å². The molecule has 1 aliphatic carbocycles. The fourth-order valence-corrected chi connectivity index (χ4v) is 3.22. The molecule has 1 saturated carbocycles. The van der Waals surface area contributed by atoms with E-state index in [9.17, 15) is 0 Å². The standard InChI is InChI=1S/C16H24N4/c1-12-5-3-4-6-15(12)10-17-8-14-9-18-16-7-13(2)19-20(16)11-14/h7,9,11-12,15,17H,3-6,8,10H2,1-2H3.